The minimum Gasteiger partial charge on any atom is -0.342 e. The van der Waals surface area contributed by atoms with E-state index in [1.54, 1.807) is 18.3 Å². The lowest BCUT2D eigenvalue weighted by Gasteiger charge is -1.99. The van der Waals surface area contributed by atoms with Crippen LogP contribution < -0.4 is 0 Å². The van der Waals surface area contributed by atoms with Crippen molar-refractivity contribution < 1.29 is 4.39 Å². The van der Waals surface area contributed by atoms with E-state index in [-0.39, 0.29) is 5.82 Å². The summed E-state index contributed by atoms with van der Waals surface area (Å²) in [7, 11) is 0. The first-order valence-corrected chi connectivity index (χ1v) is 4.93. The van der Waals surface area contributed by atoms with Crippen molar-refractivity contribution in [3.63, 3.8) is 0 Å². The van der Waals surface area contributed by atoms with E-state index >= 15 is 0 Å². The first-order valence-electron chi connectivity index (χ1n) is 4.14. The summed E-state index contributed by atoms with van der Waals surface area (Å²) in [6.07, 6.45) is 1.73. The molecule has 1 heterocycles. The quantitative estimate of drug-likeness (QED) is 0.832. The number of hydrogen-bond donors (Lipinski definition) is 1. The van der Waals surface area contributed by atoms with E-state index in [0.717, 1.165) is 17.1 Å². The summed E-state index contributed by atoms with van der Waals surface area (Å²) in [6.45, 7) is 1.88. The van der Waals surface area contributed by atoms with Crippen molar-refractivity contribution in [3.05, 3.63) is 40.5 Å². The first kappa shape index (κ1) is 9.40. The second kappa shape index (κ2) is 3.53. The van der Waals surface area contributed by atoms with Gasteiger partial charge in [0.25, 0.3) is 0 Å². The van der Waals surface area contributed by atoms with Crippen LogP contribution in [0.5, 0.6) is 0 Å². The number of H-pyrrole nitrogens is 1. The van der Waals surface area contributed by atoms with Crippen LogP contribution in [0.15, 0.2) is 28.9 Å². The van der Waals surface area contributed by atoms with Gasteiger partial charge >= 0.3 is 0 Å². The molecule has 0 aliphatic carbocycles. The number of aromatic amines is 1. The van der Waals surface area contributed by atoms with Crippen molar-refractivity contribution in [2.75, 3.05) is 0 Å². The summed E-state index contributed by atoms with van der Waals surface area (Å²) >= 11 is 3.14. The highest BCUT2D eigenvalue weighted by molar-refractivity contribution is 9.10. The van der Waals surface area contributed by atoms with E-state index < -0.39 is 0 Å². The van der Waals surface area contributed by atoms with E-state index in [1.807, 2.05) is 6.92 Å². The molecular formula is C10H8BrFN2. The van der Waals surface area contributed by atoms with Gasteiger partial charge in [0.15, 0.2) is 0 Å². The number of aromatic nitrogens is 2. The van der Waals surface area contributed by atoms with Gasteiger partial charge < -0.3 is 4.98 Å². The molecule has 0 unspecified atom stereocenters. The van der Waals surface area contributed by atoms with Crippen LogP contribution in [0.3, 0.4) is 0 Å². The largest absolute Gasteiger partial charge is 0.342 e. The Bertz CT molecular complexity index is 465. The van der Waals surface area contributed by atoms with Gasteiger partial charge in [-0.25, -0.2) is 9.37 Å². The molecule has 0 saturated carbocycles. The number of nitrogens with one attached hydrogen (secondary N) is 1. The van der Waals surface area contributed by atoms with Crippen LogP contribution in [0.4, 0.5) is 4.39 Å². The van der Waals surface area contributed by atoms with Gasteiger partial charge in [-0.1, -0.05) is 0 Å². The van der Waals surface area contributed by atoms with Crippen molar-refractivity contribution >= 4 is 15.9 Å². The predicted molar refractivity (Wildman–Crippen MR) is 56.4 cm³/mol. The first-order chi connectivity index (χ1) is 6.66. The Kier molecular flexibility index (Phi) is 2.37. The van der Waals surface area contributed by atoms with Gasteiger partial charge in [-0.15, -0.1) is 0 Å². The third-order valence-electron chi connectivity index (χ3n) is 1.93. The average Bonchev–Trinajstić information content (AvgIpc) is 2.57. The molecule has 0 bridgehead atoms. The molecule has 2 rings (SSSR count). The second-order valence-corrected chi connectivity index (χ2v) is 3.87. The van der Waals surface area contributed by atoms with E-state index in [2.05, 4.69) is 25.9 Å². The molecule has 2 aromatic rings. The fraction of sp³-hybridized carbons (Fsp3) is 0.100. The number of imidazole rings is 1. The van der Waals surface area contributed by atoms with Crippen molar-refractivity contribution in [1.29, 1.82) is 0 Å². The maximum atomic E-state index is 12.9. The van der Waals surface area contributed by atoms with Crippen LogP contribution in [0.2, 0.25) is 0 Å². The Morgan fingerprint density at radius 1 is 1.43 bits per heavy atom. The van der Waals surface area contributed by atoms with E-state index in [1.165, 1.54) is 6.07 Å². The topological polar surface area (TPSA) is 28.7 Å². The van der Waals surface area contributed by atoms with Crippen LogP contribution in [0, 0.1) is 12.7 Å². The molecule has 0 atom stereocenters. The molecule has 0 fully saturated rings. The number of rotatable bonds is 1. The molecule has 0 saturated heterocycles. The zero-order valence-corrected chi connectivity index (χ0v) is 9.10. The Labute approximate surface area is 89.3 Å². The fourth-order valence-corrected chi connectivity index (χ4v) is 1.61. The predicted octanol–water partition coefficient (Wildman–Crippen LogP) is 3.29. The Balaban J connectivity index is 2.47. The summed E-state index contributed by atoms with van der Waals surface area (Å²) in [6, 6.07) is 4.87. The lowest BCUT2D eigenvalue weighted by Crippen LogP contribution is -1.81. The lowest BCUT2D eigenvalue weighted by atomic mass is 10.2. The monoisotopic (exact) mass is 254 g/mol. The smallest absolute Gasteiger partial charge is 0.137 e. The molecular weight excluding hydrogens is 247 g/mol. The minimum absolute atomic E-state index is 0.259. The molecule has 2 nitrogen and oxygen atoms in total. The third kappa shape index (κ3) is 1.70. The average molecular weight is 255 g/mol. The van der Waals surface area contributed by atoms with Crippen LogP contribution in [0.1, 0.15) is 5.82 Å². The molecule has 14 heavy (non-hydrogen) atoms. The molecule has 1 N–H and O–H groups in total. The van der Waals surface area contributed by atoms with E-state index in [4.69, 9.17) is 0 Å². The van der Waals surface area contributed by atoms with E-state index in [9.17, 15) is 4.39 Å². The van der Waals surface area contributed by atoms with E-state index in [0.29, 0.717) is 4.47 Å². The van der Waals surface area contributed by atoms with Crippen LogP contribution in [-0.4, -0.2) is 9.97 Å². The molecule has 0 aliphatic rings. The standard InChI is InChI=1S/C10H8BrFN2/c1-6-13-5-10(14-6)7-2-3-9(12)8(11)4-7/h2-5H,1H3,(H,13,14). The molecule has 0 amide bonds. The van der Waals surface area contributed by atoms with Crippen molar-refractivity contribution in [3.8, 4) is 11.3 Å². The number of halogens is 2. The summed E-state index contributed by atoms with van der Waals surface area (Å²) in [4.78, 5) is 7.17. The van der Waals surface area contributed by atoms with Gasteiger partial charge in [-0.05, 0) is 41.1 Å². The fourth-order valence-electron chi connectivity index (χ4n) is 1.23. The number of hydrogen-bond acceptors (Lipinski definition) is 1. The second-order valence-electron chi connectivity index (χ2n) is 3.01. The summed E-state index contributed by atoms with van der Waals surface area (Å²) < 4.78 is 13.4. The number of aryl methyl sites for hydroxylation is 1. The van der Waals surface area contributed by atoms with Crippen molar-refractivity contribution in [2.24, 2.45) is 0 Å². The van der Waals surface area contributed by atoms with Gasteiger partial charge in [0, 0.05) is 5.56 Å². The minimum atomic E-state index is -0.259. The third-order valence-corrected chi connectivity index (χ3v) is 2.54. The van der Waals surface area contributed by atoms with Gasteiger partial charge in [-0.3, -0.25) is 0 Å². The van der Waals surface area contributed by atoms with Gasteiger partial charge in [-0.2, -0.15) is 0 Å². The molecule has 0 aliphatic heterocycles. The molecule has 1 aromatic heterocycles. The molecule has 0 radical (unpaired) electrons. The van der Waals surface area contributed by atoms with Gasteiger partial charge in [0.05, 0.1) is 16.4 Å². The molecule has 4 heteroatoms. The van der Waals surface area contributed by atoms with Crippen LogP contribution in [-0.2, 0) is 0 Å². The highest BCUT2D eigenvalue weighted by atomic mass is 79.9. The molecule has 72 valence electrons. The summed E-state index contributed by atoms with van der Waals surface area (Å²) in [5.41, 5.74) is 1.81. The van der Waals surface area contributed by atoms with Gasteiger partial charge in [0.1, 0.15) is 11.6 Å². The van der Waals surface area contributed by atoms with Crippen LogP contribution in [0.25, 0.3) is 11.3 Å². The SMILES string of the molecule is Cc1ncc(-c2ccc(F)c(Br)c2)[nH]1. The Morgan fingerprint density at radius 3 is 2.79 bits per heavy atom. The highest BCUT2D eigenvalue weighted by Crippen LogP contribution is 2.23. The highest BCUT2D eigenvalue weighted by Gasteiger charge is 2.04. The van der Waals surface area contributed by atoms with Crippen LogP contribution >= 0.6 is 15.9 Å². The zero-order valence-electron chi connectivity index (χ0n) is 7.51. The summed E-state index contributed by atoms with van der Waals surface area (Å²) in [5, 5.41) is 0. The zero-order chi connectivity index (χ0) is 10.1. The maximum Gasteiger partial charge on any atom is 0.137 e. The summed E-state index contributed by atoms with van der Waals surface area (Å²) in [5.74, 6) is 0.588. The lowest BCUT2D eigenvalue weighted by molar-refractivity contribution is 0.621. The number of benzene rings is 1. The number of nitrogens with zero attached hydrogens (tertiary/aromatic N) is 1. The maximum absolute atomic E-state index is 12.9. The molecule has 1 aromatic carbocycles. The Hall–Kier alpha value is -1.16. The normalized spacial score (nSPS) is 10.5. The Morgan fingerprint density at radius 2 is 2.21 bits per heavy atom. The van der Waals surface area contributed by atoms with Crippen molar-refractivity contribution in [1.82, 2.24) is 9.97 Å². The van der Waals surface area contributed by atoms with Crippen molar-refractivity contribution in [2.45, 2.75) is 6.92 Å². The molecule has 0 spiro atoms. The van der Waals surface area contributed by atoms with Gasteiger partial charge in [0.2, 0.25) is 0 Å².